The van der Waals surface area contributed by atoms with Crippen LogP contribution in [0.15, 0.2) is 30.3 Å². The first-order chi connectivity index (χ1) is 7.11. The van der Waals surface area contributed by atoms with Crippen molar-refractivity contribution < 1.29 is 8.50 Å². The molecule has 1 aromatic carbocycles. The zero-order valence-corrected chi connectivity index (χ0v) is 8.26. The Morgan fingerprint density at radius 3 is 2.15 bits per heavy atom. The smallest absolute Gasteiger partial charge is 0.138 e. The van der Waals surface area contributed by atoms with Gasteiger partial charge in [-0.25, -0.2) is 4.39 Å². The lowest BCUT2D eigenvalue weighted by Gasteiger charge is -2.34. The van der Waals surface area contributed by atoms with Gasteiger partial charge in [0, 0.05) is 4.11 Å². The molecule has 0 radical (unpaired) electrons. The van der Waals surface area contributed by atoms with Gasteiger partial charge in [0.1, 0.15) is 5.67 Å². The molecule has 0 saturated carbocycles. The normalized spacial score (nSPS) is 21.1. The first-order valence-corrected chi connectivity index (χ1v) is 4.35. The minimum absolute atomic E-state index is 0.399. The Morgan fingerprint density at radius 1 is 1.15 bits per heavy atom. The Kier molecular flexibility index (Phi) is 1.59. The molecule has 0 heterocycles. The van der Waals surface area contributed by atoms with Gasteiger partial charge in [0.05, 0.1) is 0 Å². The first kappa shape index (κ1) is 6.58. The molecule has 13 heavy (non-hydrogen) atoms. The van der Waals surface area contributed by atoms with E-state index in [1.165, 1.54) is 20.8 Å². The summed E-state index contributed by atoms with van der Waals surface area (Å²) in [6.07, 6.45) is 0. The van der Waals surface area contributed by atoms with E-state index in [1.54, 1.807) is 30.3 Å². The molecule has 0 unspecified atom stereocenters. The van der Waals surface area contributed by atoms with Crippen molar-refractivity contribution in [3.63, 3.8) is 0 Å². The van der Waals surface area contributed by atoms with E-state index in [1.807, 2.05) is 0 Å². The van der Waals surface area contributed by atoms with Crippen LogP contribution in [0.4, 0.5) is 4.39 Å². The fourth-order valence-electron chi connectivity index (χ4n) is 1.11. The Labute approximate surface area is 84.0 Å². The highest BCUT2D eigenvalue weighted by atomic mass is 19.1. The third-order valence-corrected chi connectivity index (χ3v) is 2.49. The van der Waals surface area contributed by atoms with Crippen molar-refractivity contribution >= 4 is 0 Å². The summed E-state index contributed by atoms with van der Waals surface area (Å²) in [7, 11) is 0. The van der Waals surface area contributed by atoms with Crippen LogP contribution in [-0.4, -0.2) is 0 Å². The monoisotopic (exact) mass is 183 g/mol. The van der Waals surface area contributed by atoms with Gasteiger partial charge in [-0.05, 0) is 17.9 Å². The quantitative estimate of drug-likeness (QED) is 0.619. The molecule has 0 N–H and O–H groups in total. The number of rotatable bonds is 1. The highest BCUT2D eigenvalue weighted by Crippen LogP contribution is 2.42. The molecular weight excluding hydrogens is 163 g/mol. The lowest BCUT2D eigenvalue weighted by molar-refractivity contribution is 0.0452. The van der Waals surface area contributed by atoms with Crippen LogP contribution >= 0.6 is 0 Å². The first-order valence-electron chi connectivity index (χ1n) is 5.85. The van der Waals surface area contributed by atoms with Crippen molar-refractivity contribution in [1.29, 1.82) is 0 Å². The summed E-state index contributed by atoms with van der Waals surface area (Å²) in [6, 6.07) is 8.44. The van der Waals surface area contributed by atoms with Crippen LogP contribution in [0.5, 0.6) is 0 Å². The third-order valence-electron chi connectivity index (χ3n) is 2.49. The van der Waals surface area contributed by atoms with Gasteiger partial charge >= 0.3 is 0 Å². The third kappa shape index (κ3) is 1.90. The van der Waals surface area contributed by atoms with Crippen LogP contribution in [-0.2, 0) is 5.67 Å². The highest BCUT2D eigenvalue weighted by molar-refractivity contribution is 5.23. The van der Waals surface area contributed by atoms with Crippen LogP contribution in [0.1, 0.15) is 37.3 Å². The summed E-state index contributed by atoms with van der Waals surface area (Å²) in [6.45, 7) is 1.86. The van der Waals surface area contributed by atoms with Crippen LogP contribution in [0.25, 0.3) is 0 Å². The van der Waals surface area contributed by atoms with Crippen molar-refractivity contribution in [1.82, 2.24) is 0 Å². The number of halogens is 1. The summed E-state index contributed by atoms with van der Waals surface area (Å²) in [4.78, 5) is 0. The molecule has 0 fully saturated rings. The molecule has 0 spiro atoms. The molecular formula is C12H17F. The molecule has 0 saturated heterocycles. The minimum Gasteiger partial charge on any atom is -0.238 e. The standard InChI is InChI=1S/C12H17F/c1-11(2,3)12(4,13)10-8-6-5-7-9-10/h5-9H,1-4H3/t12-/m1/s1/i1D3. The van der Waals surface area contributed by atoms with Crippen molar-refractivity contribution in [2.45, 2.75) is 33.3 Å². The van der Waals surface area contributed by atoms with Crippen molar-refractivity contribution in [3.8, 4) is 0 Å². The van der Waals surface area contributed by atoms with Crippen LogP contribution in [0.3, 0.4) is 0 Å². The lowest BCUT2D eigenvalue weighted by atomic mass is 9.75. The summed E-state index contributed by atoms with van der Waals surface area (Å²) < 4.78 is 37.0. The minimum atomic E-state index is -2.34. The topological polar surface area (TPSA) is 0 Å². The highest BCUT2D eigenvalue weighted by Gasteiger charge is 2.38. The van der Waals surface area contributed by atoms with Gasteiger partial charge in [-0.3, -0.25) is 0 Å². The Balaban J connectivity index is 3.22. The molecule has 0 aliphatic rings. The number of alkyl halides is 1. The summed E-state index contributed by atoms with van der Waals surface area (Å²) in [5, 5.41) is 0. The SMILES string of the molecule is [2H]C([2H])([2H])C(C)(C)[C@](C)(F)c1ccccc1. The molecule has 0 aromatic heterocycles. The average molecular weight is 183 g/mol. The van der Waals surface area contributed by atoms with Crippen LogP contribution in [0, 0.1) is 5.41 Å². The van der Waals surface area contributed by atoms with E-state index in [0.29, 0.717) is 5.56 Å². The maximum absolute atomic E-state index is 14.7. The van der Waals surface area contributed by atoms with Gasteiger partial charge in [0.2, 0.25) is 0 Å². The van der Waals surface area contributed by atoms with E-state index in [-0.39, 0.29) is 0 Å². The maximum Gasteiger partial charge on any atom is 0.138 e. The van der Waals surface area contributed by atoms with Gasteiger partial charge < -0.3 is 0 Å². The van der Waals surface area contributed by atoms with Gasteiger partial charge in [-0.1, -0.05) is 51.0 Å². The molecule has 1 atom stereocenters. The van der Waals surface area contributed by atoms with Gasteiger partial charge in [0.25, 0.3) is 0 Å². The van der Waals surface area contributed by atoms with E-state index in [0.717, 1.165) is 0 Å². The molecule has 72 valence electrons. The zero-order valence-electron chi connectivity index (χ0n) is 11.3. The second-order valence-electron chi connectivity index (χ2n) is 3.99. The van der Waals surface area contributed by atoms with Gasteiger partial charge in [-0.2, -0.15) is 0 Å². The number of benzene rings is 1. The fourth-order valence-corrected chi connectivity index (χ4v) is 1.11. The van der Waals surface area contributed by atoms with Crippen molar-refractivity contribution in [2.24, 2.45) is 5.41 Å². The Hall–Kier alpha value is -0.850. The van der Waals surface area contributed by atoms with Gasteiger partial charge in [-0.15, -0.1) is 0 Å². The van der Waals surface area contributed by atoms with E-state index in [4.69, 9.17) is 4.11 Å². The van der Waals surface area contributed by atoms with E-state index < -0.39 is 17.9 Å². The zero-order chi connectivity index (χ0) is 12.6. The largest absolute Gasteiger partial charge is 0.238 e. The van der Waals surface area contributed by atoms with E-state index >= 15 is 0 Å². The summed E-state index contributed by atoms with van der Waals surface area (Å²) in [5.41, 5.74) is -2.92. The maximum atomic E-state index is 14.7. The number of hydrogen-bond acceptors (Lipinski definition) is 0. The van der Waals surface area contributed by atoms with Crippen LogP contribution in [0.2, 0.25) is 0 Å². The second kappa shape index (κ2) is 3.13. The summed E-state index contributed by atoms with van der Waals surface area (Å²) >= 11 is 0. The predicted molar refractivity (Wildman–Crippen MR) is 54.4 cm³/mol. The number of hydrogen-bond donors (Lipinski definition) is 0. The fraction of sp³-hybridized carbons (Fsp3) is 0.500. The summed E-state index contributed by atoms with van der Waals surface area (Å²) in [5.74, 6) is 0. The van der Waals surface area contributed by atoms with Crippen molar-refractivity contribution in [3.05, 3.63) is 35.9 Å². The predicted octanol–water partition coefficient (Wildman–Crippen LogP) is 3.92. The Bertz CT molecular complexity index is 352. The van der Waals surface area contributed by atoms with Crippen LogP contribution < -0.4 is 0 Å². The molecule has 1 heteroatoms. The molecule has 0 aliphatic heterocycles. The average Bonchev–Trinajstić information content (AvgIpc) is 2.17. The second-order valence-corrected chi connectivity index (χ2v) is 3.99. The lowest BCUT2D eigenvalue weighted by Crippen LogP contribution is -2.32. The Morgan fingerprint density at radius 2 is 1.69 bits per heavy atom. The van der Waals surface area contributed by atoms with E-state index in [2.05, 4.69) is 0 Å². The van der Waals surface area contributed by atoms with Gasteiger partial charge in [0.15, 0.2) is 0 Å². The van der Waals surface area contributed by atoms with E-state index in [9.17, 15) is 4.39 Å². The molecule has 1 aromatic rings. The molecule has 0 aliphatic carbocycles. The molecule has 0 amide bonds. The molecule has 0 bridgehead atoms. The molecule has 1 rings (SSSR count). The molecule has 0 nitrogen and oxygen atoms in total. The van der Waals surface area contributed by atoms with Crippen molar-refractivity contribution in [2.75, 3.05) is 0 Å².